The van der Waals surface area contributed by atoms with Crippen molar-refractivity contribution in [2.45, 2.75) is 95.4 Å². The SMILES string of the molecule is CCCNC(=O)c1cc(N2CCC[C@@H]2C(=O)NCC(F)(F)F)nc(-c2c[nH]c3ncc(Cl)cc23)n1.CCNC(=O)c1cc(N2CCC[C@@H]2C(=O)NCC(F)(F)F)nc(-c2c[nH]c3ncc(Cl)cc23)n1.CNC(=O)c1cc(N2CCC[C@@H]2C(=O)NCC(F)(F)F)nc(-c2c[nH]c3ncc(Cl)cc23)n1. The number of carbonyl (C=O) groups is 6. The summed E-state index contributed by atoms with van der Waals surface area (Å²) in [6.07, 6.45) is -0.706. The van der Waals surface area contributed by atoms with Gasteiger partial charge in [-0.1, -0.05) is 41.7 Å². The fourth-order valence-electron chi connectivity index (χ4n) is 11.5. The Kier molecular flexibility index (Phi) is 23.2. The third-order valence-corrected chi connectivity index (χ3v) is 16.7. The van der Waals surface area contributed by atoms with E-state index in [2.05, 4.69) is 75.8 Å². The Hall–Kier alpha value is -10.2. The van der Waals surface area contributed by atoms with Crippen molar-refractivity contribution in [2.75, 3.05) is 74.1 Å². The zero-order valence-corrected chi connectivity index (χ0v) is 56.4. The van der Waals surface area contributed by atoms with E-state index in [-0.39, 0.29) is 52.0 Å². The summed E-state index contributed by atoms with van der Waals surface area (Å²) in [7, 11) is 1.45. The monoisotopic (exact) mass is 1490 g/mol. The summed E-state index contributed by atoms with van der Waals surface area (Å²) in [6, 6.07) is 6.77. The topological polar surface area (TPSA) is 348 Å². The van der Waals surface area contributed by atoms with Crippen molar-refractivity contribution in [1.29, 1.82) is 0 Å². The molecule has 3 aliphatic heterocycles. The Morgan fingerprint density at radius 2 is 0.775 bits per heavy atom. The van der Waals surface area contributed by atoms with Crippen LogP contribution in [0.3, 0.4) is 0 Å². The lowest BCUT2D eigenvalue weighted by atomic mass is 10.2. The number of anilines is 3. The number of nitrogens with one attached hydrogen (secondary N) is 9. The molecular weight excluding hydrogens is 1420 g/mol. The highest BCUT2D eigenvalue weighted by Gasteiger charge is 2.39. The molecule has 0 unspecified atom stereocenters. The number of aromatic amines is 3. The molecule has 3 saturated heterocycles. The molecule has 27 nitrogen and oxygen atoms in total. The fourth-order valence-corrected chi connectivity index (χ4v) is 12.0. The van der Waals surface area contributed by atoms with Crippen molar-refractivity contribution >= 4 is 121 Å². The van der Waals surface area contributed by atoms with Gasteiger partial charge in [-0.2, -0.15) is 39.5 Å². The zero-order valence-electron chi connectivity index (χ0n) is 54.1. The highest BCUT2D eigenvalue weighted by Crippen LogP contribution is 2.36. The number of pyridine rings is 3. The second kappa shape index (κ2) is 31.8. The molecule has 0 spiro atoms. The van der Waals surface area contributed by atoms with Gasteiger partial charge in [0.25, 0.3) is 17.7 Å². The van der Waals surface area contributed by atoms with Gasteiger partial charge in [0.05, 0.1) is 15.1 Å². The Morgan fingerprint density at radius 3 is 1.07 bits per heavy atom. The van der Waals surface area contributed by atoms with Crippen LogP contribution in [0, 0.1) is 0 Å². The zero-order chi connectivity index (χ0) is 73.4. The fraction of sp³-hybridized carbons (Fsp3) is 0.381. The molecule has 0 radical (unpaired) electrons. The first-order valence-corrected chi connectivity index (χ1v) is 32.8. The molecule has 9 aromatic rings. The Morgan fingerprint density at radius 1 is 0.461 bits per heavy atom. The molecule has 0 saturated carbocycles. The highest BCUT2D eigenvalue weighted by molar-refractivity contribution is 6.32. The normalized spacial score (nSPS) is 16.1. The number of H-pyrrole nitrogens is 3. The maximum absolute atomic E-state index is 12.8. The van der Waals surface area contributed by atoms with Crippen LogP contribution in [0.25, 0.3) is 67.3 Å². The van der Waals surface area contributed by atoms with Crippen LogP contribution in [-0.2, 0) is 14.4 Å². The van der Waals surface area contributed by atoms with E-state index in [0.29, 0.717) is 136 Å². The lowest BCUT2D eigenvalue weighted by Gasteiger charge is -2.25. The quantitative estimate of drug-likeness (QED) is 0.0361. The molecule has 0 bridgehead atoms. The average molecular weight is 1490 g/mol. The standard InChI is InChI=1S/C22H23ClF3N7O2.C21H21ClF3N7O2.C20H19ClF3N7O2/c1-2-5-27-20(34)15-8-17(33-6-3-4-16(33)21(35)30-11-22(24,25)26)32-19(31-15)14-10-29-18-13(14)7-12(23)9-28-18;1-2-26-19(33)14-7-16(32-5-3-4-15(32)20(34)29-10-21(23,24)25)31-18(30-14)13-9-28-17-12(13)6-11(22)8-27-17;1-25-18(32)13-6-15(31-4-2-3-14(31)19(33)28-9-20(22,23)24)30-17(29-13)12-8-27-16-11(12)5-10(21)7-26-16/h7-10,16H,2-6,11H2,1H3,(H,27,34)(H,28,29)(H,30,35);6-9,15H,2-5,10H2,1H3,(H,26,33)(H,27,28)(H,29,34);5-8,14H,2-4,9H2,1H3,(H,25,32)(H,26,27)(H,28,33)/t16-;15-;14-/m111/s1. The predicted octanol–water partition coefficient (Wildman–Crippen LogP) is 9.21. The molecule has 0 aromatic carbocycles. The maximum Gasteiger partial charge on any atom is 0.405 e. The smallest absolute Gasteiger partial charge is 0.354 e. The first kappa shape index (κ1) is 74.5. The summed E-state index contributed by atoms with van der Waals surface area (Å²) < 4.78 is 113. The first-order valence-electron chi connectivity index (χ1n) is 31.7. The minimum Gasteiger partial charge on any atom is -0.354 e. The van der Waals surface area contributed by atoms with Gasteiger partial charge in [0, 0.05) is 128 Å². The molecule has 3 aliphatic rings. The van der Waals surface area contributed by atoms with E-state index < -0.39 is 91.7 Å². The second-order valence-electron chi connectivity index (χ2n) is 23.3. The molecule has 39 heteroatoms. The summed E-state index contributed by atoms with van der Waals surface area (Å²) in [5.41, 5.74) is 3.41. The minimum absolute atomic E-state index is 0.0446. The van der Waals surface area contributed by atoms with Gasteiger partial charge < -0.3 is 61.6 Å². The van der Waals surface area contributed by atoms with Crippen LogP contribution >= 0.6 is 34.8 Å². The number of amides is 6. The van der Waals surface area contributed by atoms with E-state index in [0.717, 1.165) is 6.42 Å². The van der Waals surface area contributed by atoms with Crippen LogP contribution in [-0.4, -0.2) is 191 Å². The van der Waals surface area contributed by atoms with E-state index in [1.54, 1.807) is 58.4 Å². The largest absolute Gasteiger partial charge is 0.405 e. The molecular formula is C63H63Cl3F9N21O6. The molecule has 540 valence electrons. The highest BCUT2D eigenvalue weighted by atomic mass is 35.5. The molecule has 9 N–H and O–H groups in total. The molecule has 6 amide bonds. The maximum atomic E-state index is 12.8. The lowest BCUT2D eigenvalue weighted by molar-refractivity contribution is -0.139. The number of hydrogen-bond donors (Lipinski definition) is 9. The number of halogens is 12. The van der Waals surface area contributed by atoms with Crippen molar-refractivity contribution in [3.63, 3.8) is 0 Å². The molecule has 12 heterocycles. The number of alkyl halides is 9. The number of rotatable bonds is 18. The average Bonchev–Trinajstić information content (AvgIpc) is 1.58. The van der Waals surface area contributed by atoms with Crippen molar-refractivity contribution in [3.8, 4) is 34.2 Å². The van der Waals surface area contributed by atoms with Gasteiger partial charge in [0.2, 0.25) is 17.7 Å². The van der Waals surface area contributed by atoms with Gasteiger partial charge in [-0.25, -0.2) is 44.9 Å². The Balaban J connectivity index is 0.000000165. The summed E-state index contributed by atoms with van der Waals surface area (Å²) in [5, 5.41) is 16.8. The summed E-state index contributed by atoms with van der Waals surface area (Å²) in [4.78, 5) is 129. The van der Waals surface area contributed by atoms with Gasteiger partial charge in [0.1, 0.15) is 89.2 Å². The number of nitrogens with zero attached hydrogens (tertiary/aromatic N) is 12. The van der Waals surface area contributed by atoms with E-state index in [1.807, 2.05) is 22.9 Å². The summed E-state index contributed by atoms with van der Waals surface area (Å²) in [5.74, 6) is -2.25. The van der Waals surface area contributed by atoms with Gasteiger partial charge in [-0.05, 0) is 70.1 Å². The molecule has 0 aliphatic carbocycles. The van der Waals surface area contributed by atoms with Gasteiger partial charge in [0.15, 0.2) is 17.5 Å². The Labute approximate surface area is 587 Å². The molecule has 102 heavy (non-hydrogen) atoms. The van der Waals surface area contributed by atoms with E-state index in [9.17, 15) is 68.3 Å². The Bertz CT molecular complexity index is 4590. The van der Waals surface area contributed by atoms with Gasteiger partial charge in [-0.3, -0.25) is 28.8 Å². The van der Waals surface area contributed by atoms with Crippen LogP contribution in [0.1, 0.15) is 90.3 Å². The van der Waals surface area contributed by atoms with Crippen LogP contribution in [0.4, 0.5) is 57.0 Å². The first-order chi connectivity index (χ1) is 48.5. The van der Waals surface area contributed by atoms with Crippen LogP contribution in [0.15, 0.2) is 73.6 Å². The third-order valence-electron chi connectivity index (χ3n) is 16.1. The third kappa shape index (κ3) is 18.3. The molecule has 12 rings (SSSR count). The van der Waals surface area contributed by atoms with Crippen molar-refractivity contribution in [2.24, 2.45) is 0 Å². The number of carbonyl (C=O) groups excluding carboxylic acids is 6. The van der Waals surface area contributed by atoms with E-state index in [4.69, 9.17) is 34.8 Å². The minimum atomic E-state index is -4.52. The van der Waals surface area contributed by atoms with Crippen molar-refractivity contribution in [1.82, 2.24) is 91.7 Å². The van der Waals surface area contributed by atoms with Gasteiger partial charge >= 0.3 is 18.5 Å². The number of hydrogen-bond acceptors (Lipinski definition) is 18. The number of fused-ring (bicyclic) bond motifs is 3. The lowest BCUT2D eigenvalue weighted by Crippen LogP contribution is -2.46. The van der Waals surface area contributed by atoms with Crippen LogP contribution in [0.5, 0.6) is 0 Å². The van der Waals surface area contributed by atoms with E-state index >= 15 is 0 Å². The second-order valence-corrected chi connectivity index (χ2v) is 24.6. The van der Waals surface area contributed by atoms with E-state index in [1.165, 1.54) is 43.8 Å². The summed E-state index contributed by atoms with van der Waals surface area (Å²) in [6.45, 7) is 1.38. The van der Waals surface area contributed by atoms with Crippen LogP contribution < -0.4 is 46.6 Å². The summed E-state index contributed by atoms with van der Waals surface area (Å²) >= 11 is 18.3. The molecule has 3 fully saturated rings. The van der Waals surface area contributed by atoms with Crippen molar-refractivity contribution < 1.29 is 68.3 Å². The van der Waals surface area contributed by atoms with Gasteiger partial charge in [-0.15, -0.1) is 0 Å². The van der Waals surface area contributed by atoms with Crippen LogP contribution in [0.2, 0.25) is 15.1 Å². The number of aromatic nitrogens is 12. The van der Waals surface area contributed by atoms with Crippen molar-refractivity contribution in [3.05, 3.63) is 106 Å². The molecule has 3 atom stereocenters. The molecule has 9 aromatic heterocycles. The predicted molar refractivity (Wildman–Crippen MR) is 359 cm³/mol.